The van der Waals surface area contributed by atoms with Crippen molar-refractivity contribution in [2.45, 2.75) is 44.4 Å². The second-order valence-corrected chi connectivity index (χ2v) is 8.19. The van der Waals surface area contributed by atoms with Crippen LogP contribution in [0, 0.1) is 5.92 Å². The summed E-state index contributed by atoms with van der Waals surface area (Å²) >= 11 is 0. The Morgan fingerprint density at radius 1 is 1.14 bits per heavy atom. The molecule has 2 aromatic rings. The molecule has 0 bridgehead atoms. The van der Waals surface area contributed by atoms with Gasteiger partial charge in [-0.25, -0.2) is 0 Å². The van der Waals surface area contributed by atoms with E-state index in [1.54, 1.807) is 0 Å². The number of nitrogens with one attached hydrogen (secondary N) is 1. The summed E-state index contributed by atoms with van der Waals surface area (Å²) in [4.78, 5) is 29.2. The van der Waals surface area contributed by atoms with Crippen LogP contribution in [0.3, 0.4) is 0 Å². The van der Waals surface area contributed by atoms with Crippen LogP contribution in [0.15, 0.2) is 16.8 Å². The van der Waals surface area contributed by atoms with Crippen LogP contribution in [-0.4, -0.2) is 63.1 Å². The number of aromatic nitrogens is 3. The first-order valence-electron chi connectivity index (χ1n) is 10.2. The molecule has 1 saturated heterocycles. The van der Waals surface area contributed by atoms with Crippen molar-refractivity contribution in [2.75, 3.05) is 26.2 Å². The summed E-state index contributed by atoms with van der Waals surface area (Å²) in [6.07, 6.45) is 6.92. The van der Waals surface area contributed by atoms with E-state index in [-0.39, 0.29) is 24.2 Å². The van der Waals surface area contributed by atoms with Crippen LogP contribution in [0.4, 0.5) is 0 Å². The topological polar surface area (TPSA) is 95.3 Å². The van der Waals surface area contributed by atoms with Crippen molar-refractivity contribution in [3.63, 3.8) is 0 Å². The Hall–Kier alpha value is -2.64. The summed E-state index contributed by atoms with van der Waals surface area (Å²) in [5.41, 5.74) is 3.30. The number of fused-ring (bicyclic) bond motifs is 1. The fourth-order valence-corrected chi connectivity index (χ4v) is 4.31. The highest BCUT2D eigenvalue weighted by molar-refractivity contribution is 5.81. The molecule has 1 unspecified atom stereocenters. The van der Waals surface area contributed by atoms with Gasteiger partial charge in [-0.2, -0.15) is 5.10 Å². The van der Waals surface area contributed by atoms with Crippen LogP contribution in [-0.2, 0) is 28.9 Å². The highest BCUT2D eigenvalue weighted by Gasteiger charge is 2.32. The van der Waals surface area contributed by atoms with Gasteiger partial charge in [-0.1, -0.05) is 5.16 Å². The molecular formula is C20H25N5O3. The zero-order valence-corrected chi connectivity index (χ0v) is 15.9. The molecule has 3 heterocycles. The van der Waals surface area contributed by atoms with Crippen molar-refractivity contribution in [1.82, 2.24) is 25.2 Å². The fourth-order valence-electron chi connectivity index (χ4n) is 4.31. The van der Waals surface area contributed by atoms with Gasteiger partial charge in [-0.15, -0.1) is 0 Å². The van der Waals surface area contributed by atoms with Crippen LogP contribution < -0.4 is 0 Å². The Bertz CT molecular complexity index is 876. The monoisotopic (exact) mass is 383 g/mol. The number of nitrogens with zero attached hydrogens (tertiary/aromatic N) is 4. The molecule has 0 aromatic carbocycles. The van der Waals surface area contributed by atoms with Crippen molar-refractivity contribution in [3.05, 3.63) is 35.0 Å². The number of rotatable bonds is 4. The van der Waals surface area contributed by atoms with E-state index in [9.17, 15) is 9.59 Å². The van der Waals surface area contributed by atoms with Crippen molar-refractivity contribution in [1.29, 1.82) is 0 Å². The molecule has 1 N–H and O–H groups in total. The van der Waals surface area contributed by atoms with E-state index in [4.69, 9.17) is 4.52 Å². The normalized spacial score (nSPS) is 22.2. The Morgan fingerprint density at radius 2 is 1.93 bits per heavy atom. The standard InChI is InChI=1S/C20H25N5O3/c26-19(11-16-10-18(23-28-16)13-1-2-13)24-5-7-25(8-6-24)20(27)14-3-4-17-15(9-14)12-21-22-17/h10,12-14H,1-9,11H2,(H,21,22). The molecule has 2 fully saturated rings. The molecule has 148 valence electrons. The van der Waals surface area contributed by atoms with E-state index in [0.717, 1.165) is 36.2 Å². The Kier molecular flexibility index (Phi) is 4.41. The maximum absolute atomic E-state index is 12.9. The third-order valence-corrected chi connectivity index (χ3v) is 6.21. The number of hydrogen-bond donors (Lipinski definition) is 1. The first-order valence-corrected chi connectivity index (χ1v) is 10.2. The average molecular weight is 383 g/mol. The third-order valence-electron chi connectivity index (χ3n) is 6.21. The summed E-state index contributed by atoms with van der Waals surface area (Å²) in [5, 5.41) is 11.2. The Balaban J connectivity index is 1.12. The van der Waals surface area contributed by atoms with Crippen LogP contribution in [0.5, 0.6) is 0 Å². The molecule has 5 rings (SSSR count). The molecule has 0 spiro atoms. The van der Waals surface area contributed by atoms with Gasteiger partial charge in [0.05, 0.1) is 18.3 Å². The second-order valence-electron chi connectivity index (χ2n) is 8.19. The maximum Gasteiger partial charge on any atom is 0.230 e. The lowest BCUT2D eigenvalue weighted by atomic mass is 9.87. The smallest absolute Gasteiger partial charge is 0.230 e. The molecule has 0 radical (unpaired) electrons. The third kappa shape index (κ3) is 3.43. The van der Waals surface area contributed by atoms with E-state index < -0.39 is 0 Å². The zero-order valence-electron chi connectivity index (χ0n) is 15.9. The molecule has 8 nitrogen and oxygen atoms in total. The van der Waals surface area contributed by atoms with E-state index >= 15 is 0 Å². The first kappa shape index (κ1) is 17.5. The van der Waals surface area contributed by atoms with E-state index in [0.29, 0.717) is 37.9 Å². The minimum absolute atomic E-state index is 0.0300. The number of carbonyl (C=O) groups is 2. The second kappa shape index (κ2) is 7.07. The number of hydrogen-bond acceptors (Lipinski definition) is 5. The number of aromatic amines is 1. The summed E-state index contributed by atoms with van der Waals surface area (Å²) in [7, 11) is 0. The molecule has 2 amide bonds. The molecule has 28 heavy (non-hydrogen) atoms. The van der Waals surface area contributed by atoms with Crippen molar-refractivity contribution in [3.8, 4) is 0 Å². The highest BCUT2D eigenvalue weighted by atomic mass is 16.5. The number of aryl methyl sites for hydroxylation is 1. The van der Waals surface area contributed by atoms with Gasteiger partial charge < -0.3 is 14.3 Å². The van der Waals surface area contributed by atoms with E-state index in [1.807, 2.05) is 22.1 Å². The van der Waals surface area contributed by atoms with E-state index in [1.165, 1.54) is 12.8 Å². The fraction of sp³-hybridized carbons (Fsp3) is 0.600. The van der Waals surface area contributed by atoms with Gasteiger partial charge in [-0.3, -0.25) is 14.7 Å². The number of amides is 2. The number of carbonyl (C=O) groups excluding carboxylic acids is 2. The van der Waals surface area contributed by atoms with Crippen LogP contribution >= 0.6 is 0 Å². The van der Waals surface area contributed by atoms with Gasteiger partial charge in [0.15, 0.2) is 0 Å². The van der Waals surface area contributed by atoms with Crippen LogP contribution in [0.25, 0.3) is 0 Å². The summed E-state index contributed by atoms with van der Waals surface area (Å²) in [6.45, 7) is 2.36. The van der Waals surface area contributed by atoms with Crippen LogP contribution in [0.1, 0.15) is 47.9 Å². The largest absolute Gasteiger partial charge is 0.361 e. The minimum atomic E-state index is 0.0300. The van der Waals surface area contributed by atoms with Crippen molar-refractivity contribution < 1.29 is 14.1 Å². The van der Waals surface area contributed by atoms with Gasteiger partial charge in [0.25, 0.3) is 0 Å². The minimum Gasteiger partial charge on any atom is -0.361 e. The Labute approximate surface area is 163 Å². The number of piperazine rings is 1. The predicted molar refractivity (Wildman–Crippen MR) is 99.4 cm³/mol. The molecule has 2 aromatic heterocycles. The number of H-pyrrole nitrogens is 1. The van der Waals surface area contributed by atoms with E-state index in [2.05, 4.69) is 15.4 Å². The van der Waals surface area contributed by atoms with Gasteiger partial charge in [0.2, 0.25) is 11.8 Å². The van der Waals surface area contributed by atoms with Crippen molar-refractivity contribution >= 4 is 11.8 Å². The Morgan fingerprint density at radius 3 is 2.71 bits per heavy atom. The van der Waals surface area contributed by atoms with Gasteiger partial charge in [0.1, 0.15) is 5.76 Å². The highest BCUT2D eigenvalue weighted by Crippen LogP contribution is 2.39. The maximum atomic E-state index is 12.9. The molecule has 1 aliphatic heterocycles. The lowest BCUT2D eigenvalue weighted by molar-refractivity contribution is -0.142. The zero-order chi connectivity index (χ0) is 19.1. The molecule has 1 atom stereocenters. The molecule has 8 heteroatoms. The van der Waals surface area contributed by atoms with Crippen molar-refractivity contribution in [2.24, 2.45) is 5.92 Å². The average Bonchev–Trinajstić information content (AvgIpc) is 3.29. The van der Waals surface area contributed by atoms with Gasteiger partial charge in [0, 0.05) is 49.8 Å². The molecule has 1 saturated carbocycles. The van der Waals surface area contributed by atoms with Gasteiger partial charge in [-0.05, 0) is 37.7 Å². The lowest BCUT2D eigenvalue weighted by Gasteiger charge is -2.37. The molecule has 3 aliphatic rings. The van der Waals surface area contributed by atoms with Gasteiger partial charge >= 0.3 is 0 Å². The molecule has 2 aliphatic carbocycles. The summed E-state index contributed by atoms with van der Waals surface area (Å²) < 4.78 is 5.32. The summed E-state index contributed by atoms with van der Waals surface area (Å²) in [6, 6.07) is 1.92. The lowest BCUT2D eigenvalue weighted by Crippen LogP contribution is -2.52. The van der Waals surface area contributed by atoms with Crippen LogP contribution in [0.2, 0.25) is 0 Å². The summed E-state index contributed by atoms with van der Waals surface area (Å²) in [5.74, 6) is 1.46. The predicted octanol–water partition coefficient (Wildman–Crippen LogP) is 1.29. The first-order chi connectivity index (χ1) is 13.7. The molecular weight excluding hydrogens is 358 g/mol. The quantitative estimate of drug-likeness (QED) is 0.858. The SMILES string of the molecule is O=C(Cc1cc(C2CC2)no1)N1CCN(C(=O)C2CCc3[nH]ncc3C2)CC1.